The quantitative estimate of drug-likeness (QED) is 0.140. The van der Waals surface area contributed by atoms with Gasteiger partial charge in [-0.3, -0.25) is 19.7 Å². The van der Waals surface area contributed by atoms with Gasteiger partial charge in [0.1, 0.15) is 23.7 Å². The fourth-order valence-electron chi connectivity index (χ4n) is 4.45. The van der Waals surface area contributed by atoms with E-state index < -0.39 is 17.8 Å². The first-order chi connectivity index (χ1) is 21.6. The van der Waals surface area contributed by atoms with Gasteiger partial charge in [-0.1, -0.05) is 36.4 Å². The number of nitrogens with one attached hydrogen (secondary N) is 2. The second-order valence-corrected chi connectivity index (χ2v) is 11.9. The second kappa shape index (κ2) is 13.9. The van der Waals surface area contributed by atoms with Gasteiger partial charge in [-0.15, -0.1) is 0 Å². The molecule has 9 nitrogen and oxygen atoms in total. The molecule has 0 aromatic heterocycles. The number of aryl methyl sites for hydroxylation is 2. The third-order valence-corrected chi connectivity index (χ3v) is 8.09. The number of ether oxygens (including phenoxy) is 2. The van der Waals surface area contributed by atoms with Gasteiger partial charge < -0.3 is 14.8 Å². The van der Waals surface area contributed by atoms with E-state index in [2.05, 4.69) is 42.5 Å². The van der Waals surface area contributed by atoms with Crippen molar-refractivity contribution >= 4 is 73.1 Å². The van der Waals surface area contributed by atoms with Crippen LogP contribution in [-0.2, 0) is 21.0 Å². The molecule has 45 heavy (non-hydrogen) atoms. The lowest BCUT2D eigenvalue weighted by Gasteiger charge is -2.26. The Balaban J connectivity index is 1.27. The predicted molar refractivity (Wildman–Crippen MR) is 178 cm³/mol. The summed E-state index contributed by atoms with van der Waals surface area (Å²) in [6, 6.07) is 24.1. The molecule has 2 N–H and O–H groups in total. The average Bonchev–Trinajstić information content (AvgIpc) is 3.00. The Morgan fingerprint density at radius 1 is 0.867 bits per heavy atom. The maximum atomic E-state index is 13.4. The fraction of sp³-hybridized carbons (Fsp3) is 0.118. The number of rotatable bonds is 9. The molecule has 5 rings (SSSR count). The van der Waals surface area contributed by atoms with Crippen LogP contribution >= 0.6 is 31.9 Å². The lowest BCUT2D eigenvalue weighted by Crippen LogP contribution is -2.54. The number of carbonyl (C=O) groups is 4. The molecule has 5 amide bonds. The van der Waals surface area contributed by atoms with Crippen molar-refractivity contribution in [2.75, 3.05) is 16.8 Å². The van der Waals surface area contributed by atoms with E-state index in [0.29, 0.717) is 38.3 Å². The first-order valence-electron chi connectivity index (χ1n) is 13.8. The van der Waals surface area contributed by atoms with Crippen LogP contribution in [0.3, 0.4) is 0 Å². The molecule has 1 saturated heterocycles. The molecule has 0 saturated carbocycles. The summed E-state index contributed by atoms with van der Waals surface area (Å²) < 4.78 is 12.5. The number of benzene rings is 4. The van der Waals surface area contributed by atoms with Gasteiger partial charge in [-0.2, -0.15) is 0 Å². The van der Waals surface area contributed by atoms with Crippen molar-refractivity contribution in [3.63, 3.8) is 0 Å². The number of imide groups is 2. The van der Waals surface area contributed by atoms with Gasteiger partial charge in [0.2, 0.25) is 0 Å². The third kappa shape index (κ3) is 7.68. The molecule has 0 unspecified atom stereocenters. The Morgan fingerprint density at radius 3 is 2.22 bits per heavy atom. The van der Waals surface area contributed by atoms with Crippen molar-refractivity contribution in [1.29, 1.82) is 0 Å². The summed E-state index contributed by atoms with van der Waals surface area (Å²) >= 11 is 6.88. The number of hydrogen-bond acceptors (Lipinski definition) is 6. The average molecular weight is 733 g/mol. The standard InChI is InChI=1S/C34H27Br2N3O6/c1-20-8-9-24(14-21(20)2)37-30(40)19-45-31-28(35)16-23(17-29(31)36)15-27-32(41)38-34(43)39(33(27)42)25-10-12-26(13-11-25)44-18-22-6-4-3-5-7-22/h3-17H,18-19H2,1-2H3,(H,37,40)(H,38,41,43)/b27-15-. The first-order valence-corrected chi connectivity index (χ1v) is 15.3. The zero-order valence-electron chi connectivity index (χ0n) is 24.2. The molecule has 0 radical (unpaired) electrons. The molecule has 0 spiro atoms. The summed E-state index contributed by atoms with van der Waals surface area (Å²) in [4.78, 5) is 52.2. The molecule has 228 valence electrons. The zero-order chi connectivity index (χ0) is 32.1. The van der Waals surface area contributed by atoms with Gasteiger partial charge in [-0.05, 0) is 123 Å². The molecule has 4 aromatic rings. The summed E-state index contributed by atoms with van der Waals surface area (Å²) in [5, 5.41) is 5.03. The highest BCUT2D eigenvalue weighted by Gasteiger charge is 2.37. The summed E-state index contributed by atoms with van der Waals surface area (Å²) in [7, 11) is 0. The normalized spacial score (nSPS) is 13.9. The van der Waals surface area contributed by atoms with Crippen LogP contribution in [0.1, 0.15) is 22.3 Å². The third-order valence-electron chi connectivity index (χ3n) is 6.91. The van der Waals surface area contributed by atoms with Crippen molar-refractivity contribution in [2.45, 2.75) is 20.5 Å². The maximum Gasteiger partial charge on any atom is 0.335 e. The van der Waals surface area contributed by atoms with Gasteiger partial charge >= 0.3 is 6.03 Å². The van der Waals surface area contributed by atoms with Crippen LogP contribution in [0.5, 0.6) is 11.5 Å². The van der Waals surface area contributed by atoms with E-state index in [0.717, 1.165) is 21.6 Å². The predicted octanol–water partition coefficient (Wildman–Crippen LogP) is 7.09. The Bertz CT molecular complexity index is 1800. The SMILES string of the molecule is Cc1ccc(NC(=O)COc2c(Br)cc(/C=C3/C(=O)NC(=O)N(c4ccc(OCc5ccccc5)cc4)C3=O)cc2Br)cc1C. The highest BCUT2D eigenvalue weighted by Crippen LogP contribution is 2.36. The van der Waals surface area contributed by atoms with Gasteiger partial charge in [0.05, 0.1) is 14.6 Å². The molecular weight excluding hydrogens is 706 g/mol. The van der Waals surface area contributed by atoms with E-state index in [1.165, 1.54) is 6.08 Å². The van der Waals surface area contributed by atoms with Crippen molar-refractivity contribution in [3.05, 3.63) is 122 Å². The van der Waals surface area contributed by atoms with Crippen LogP contribution in [0.15, 0.2) is 99.4 Å². The van der Waals surface area contributed by atoms with E-state index in [4.69, 9.17) is 9.47 Å². The number of amides is 5. The number of carbonyl (C=O) groups excluding carboxylic acids is 4. The molecule has 1 fully saturated rings. The lowest BCUT2D eigenvalue weighted by atomic mass is 10.1. The van der Waals surface area contributed by atoms with E-state index in [9.17, 15) is 19.2 Å². The molecule has 0 atom stereocenters. The number of hydrogen-bond donors (Lipinski definition) is 2. The van der Waals surface area contributed by atoms with Crippen LogP contribution in [0.4, 0.5) is 16.2 Å². The lowest BCUT2D eigenvalue weighted by molar-refractivity contribution is -0.122. The minimum absolute atomic E-state index is 0.237. The van der Waals surface area contributed by atoms with Gasteiger partial charge in [0.25, 0.3) is 17.7 Å². The second-order valence-electron chi connectivity index (χ2n) is 10.2. The summed E-state index contributed by atoms with van der Waals surface area (Å²) in [6.45, 7) is 4.07. The number of anilines is 2. The number of halogens is 2. The number of urea groups is 1. The Hall–Kier alpha value is -4.74. The van der Waals surface area contributed by atoms with Crippen LogP contribution in [-0.4, -0.2) is 30.4 Å². The summed E-state index contributed by atoms with van der Waals surface area (Å²) in [5.74, 6) is -1.03. The minimum atomic E-state index is -0.856. The topological polar surface area (TPSA) is 114 Å². The highest BCUT2D eigenvalue weighted by molar-refractivity contribution is 9.11. The molecule has 1 heterocycles. The molecule has 1 aliphatic rings. The molecule has 1 aliphatic heterocycles. The fourth-order valence-corrected chi connectivity index (χ4v) is 5.90. The number of barbiturate groups is 1. The van der Waals surface area contributed by atoms with Crippen molar-refractivity contribution in [2.24, 2.45) is 0 Å². The van der Waals surface area contributed by atoms with Crippen LogP contribution < -0.4 is 25.0 Å². The molecule has 0 bridgehead atoms. The van der Waals surface area contributed by atoms with Crippen molar-refractivity contribution in [3.8, 4) is 11.5 Å². The molecular formula is C34H27Br2N3O6. The van der Waals surface area contributed by atoms with Gasteiger partial charge in [0.15, 0.2) is 6.61 Å². The van der Waals surface area contributed by atoms with Crippen molar-refractivity contribution in [1.82, 2.24) is 5.32 Å². The van der Waals surface area contributed by atoms with E-state index in [-0.39, 0.29) is 23.8 Å². The van der Waals surface area contributed by atoms with Crippen LogP contribution in [0.2, 0.25) is 0 Å². The molecule has 11 heteroatoms. The Morgan fingerprint density at radius 2 is 1.56 bits per heavy atom. The van der Waals surface area contributed by atoms with Gasteiger partial charge in [0, 0.05) is 5.69 Å². The van der Waals surface area contributed by atoms with Crippen molar-refractivity contribution < 1.29 is 28.7 Å². The minimum Gasteiger partial charge on any atom is -0.489 e. The van der Waals surface area contributed by atoms with Crippen LogP contribution in [0, 0.1) is 13.8 Å². The summed E-state index contributed by atoms with van der Waals surface area (Å²) in [5.41, 5.74) is 4.35. The molecule has 4 aromatic carbocycles. The first kappa shape index (κ1) is 31.7. The van der Waals surface area contributed by atoms with E-state index in [1.807, 2.05) is 62.4 Å². The number of nitrogens with zero attached hydrogens (tertiary/aromatic N) is 1. The summed E-state index contributed by atoms with van der Waals surface area (Å²) in [6.07, 6.45) is 1.38. The van der Waals surface area contributed by atoms with E-state index in [1.54, 1.807) is 36.4 Å². The van der Waals surface area contributed by atoms with Gasteiger partial charge in [-0.25, -0.2) is 9.69 Å². The largest absolute Gasteiger partial charge is 0.489 e. The monoisotopic (exact) mass is 731 g/mol. The Labute approximate surface area is 276 Å². The van der Waals surface area contributed by atoms with E-state index >= 15 is 0 Å². The molecule has 0 aliphatic carbocycles. The Kier molecular flexibility index (Phi) is 9.80. The maximum absolute atomic E-state index is 13.4. The van der Waals surface area contributed by atoms with Crippen LogP contribution in [0.25, 0.3) is 6.08 Å². The highest BCUT2D eigenvalue weighted by atomic mass is 79.9. The smallest absolute Gasteiger partial charge is 0.335 e. The zero-order valence-corrected chi connectivity index (χ0v) is 27.4.